The van der Waals surface area contributed by atoms with Gasteiger partial charge in [0.25, 0.3) is 0 Å². The van der Waals surface area contributed by atoms with Crippen molar-refractivity contribution in [3.8, 4) is 11.1 Å². The van der Waals surface area contributed by atoms with E-state index in [1.54, 1.807) is 0 Å². The highest BCUT2D eigenvalue weighted by Crippen LogP contribution is 2.37. The summed E-state index contributed by atoms with van der Waals surface area (Å²) in [6, 6.07) is 11.9. The number of aromatic amines is 1. The number of nitrogens with one attached hydrogen (secondary N) is 2. The second-order valence-corrected chi connectivity index (χ2v) is 9.27. The van der Waals surface area contributed by atoms with Crippen molar-refractivity contribution in [1.82, 2.24) is 20.3 Å². The number of benzene rings is 1. The van der Waals surface area contributed by atoms with E-state index in [9.17, 15) is 0 Å². The second kappa shape index (κ2) is 7.75. The van der Waals surface area contributed by atoms with E-state index >= 15 is 0 Å². The van der Waals surface area contributed by atoms with Gasteiger partial charge in [0.15, 0.2) is 0 Å². The summed E-state index contributed by atoms with van der Waals surface area (Å²) in [5.74, 6) is 0. The molecule has 3 aromatic heterocycles. The van der Waals surface area contributed by atoms with Crippen LogP contribution >= 0.6 is 0 Å². The quantitative estimate of drug-likeness (QED) is 0.474. The van der Waals surface area contributed by atoms with Crippen LogP contribution in [0.4, 0.5) is 5.69 Å². The molecule has 1 saturated heterocycles. The van der Waals surface area contributed by atoms with E-state index in [1.807, 2.05) is 18.6 Å². The van der Waals surface area contributed by atoms with Crippen LogP contribution in [0.3, 0.4) is 0 Å². The van der Waals surface area contributed by atoms with Gasteiger partial charge in [-0.25, -0.2) is 4.98 Å². The van der Waals surface area contributed by atoms with Crippen LogP contribution in [-0.2, 0) is 13.0 Å². The molecule has 5 nitrogen and oxygen atoms in total. The van der Waals surface area contributed by atoms with Gasteiger partial charge in [-0.2, -0.15) is 0 Å². The molecule has 1 aromatic carbocycles. The fourth-order valence-electron chi connectivity index (χ4n) is 5.37. The molecule has 162 valence electrons. The van der Waals surface area contributed by atoms with Crippen molar-refractivity contribution in [1.29, 1.82) is 0 Å². The summed E-state index contributed by atoms with van der Waals surface area (Å²) in [6.45, 7) is 7.30. The summed E-state index contributed by atoms with van der Waals surface area (Å²) in [5.41, 5.74) is 11.5. The number of nitrogens with zero attached hydrogens (tertiary/aromatic N) is 3. The average Bonchev–Trinajstić information content (AvgIpc) is 3.48. The molecule has 1 fully saturated rings. The largest absolute Gasteiger partial charge is 0.367 e. The molecule has 6 rings (SSSR count). The molecule has 2 N–H and O–H groups in total. The zero-order chi connectivity index (χ0) is 21.7. The molecule has 0 spiro atoms. The number of rotatable bonds is 3. The Labute approximate surface area is 188 Å². The first-order chi connectivity index (χ1) is 15.7. The van der Waals surface area contributed by atoms with Gasteiger partial charge in [0.2, 0.25) is 0 Å². The van der Waals surface area contributed by atoms with E-state index < -0.39 is 0 Å². The maximum atomic E-state index is 4.69. The standard InChI is InChI=1S/C27H29N5/c1-17-14-30-27-23(17)13-21(15-31-27)20-11-19-6-9-32(22-5-8-28-18(2)10-22)16-25(19)24(12-20)26-4-3-7-29-26/h5,8,10-15,26,29H,3-4,6-7,9,16H2,1-2H3,(H,30,31)/t26-/m0/s1. The Morgan fingerprint density at radius 1 is 1.06 bits per heavy atom. The maximum Gasteiger partial charge on any atom is 0.137 e. The van der Waals surface area contributed by atoms with Gasteiger partial charge in [-0.05, 0) is 91.7 Å². The highest BCUT2D eigenvalue weighted by atomic mass is 15.1. The van der Waals surface area contributed by atoms with E-state index in [-0.39, 0.29) is 0 Å². The molecule has 0 unspecified atom stereocenters. The SMILES string of the molecule is Cc1cc(N2CCc3cc(-c4cnc5[nH]cc(C)c5c4)cc([C@@H]4CCCN4)c3C2)ccn1. The summed E-state index contributed by atoms with van der Waals surface area (Å²) in [5, 5.41) is 4.96. The topological polar surface area (TPSA) is 56.8 Å². The summed E-state index contributed by atoms with van der Waals surface area (Å²) >= 11 is 0. The Balaban J connectivity index is 1.44. The predicted molar refractivity (Wildman–Crippen MR) is 130 cm³/mol. The first-order valence-electron chi connectivity index (χ1n) is 11.7. The Morgan fingerprint density at radius 3 is 2.84 bits per heavy atom. The van der Waals surface area contributed by atoms with Crippen molar-refractivity contribution in [2.45, 2.75) is 45.7 Å². The smallest absolute Gasteiger partial charge is 0.137 e. The Morgan fingerprint density at radius 2 is 2.00 bits per heavy atom. The molecule has 32 heavy (non-hydrogen) atoms. The minimum atomic E-state index is 0.438. The molecule has 5 heterocycles. The number of fused-ring (bicyclic) bond motifs is 2. The van der Waals surface area contributed by atoms with Gasteiger partial charge in [-0.15, -0.1) is 0 Å². The first kappa shape index (κ1) is 19.5. The van der Waals surface area contributed by atoms with Crippen molar-refractivity contribution in [3.05, 3.63) is 76.9 Å². The lowest BCUT2D eigenvalue weighted by molar-refractivity contribution is 0.625. The van der Waals surface area contributed by atoms with Crippen molar-refractivity contribution < 1.29 is 0 Å². The third-order valence-electron chi connectivity index (χ3n) is 7.13. The summed E-state index contributed by atoms with van der Waals surface area (Å²) in [6.07, 6.45) is 9.49. The lowest BCUT2D eigenvalue weighted by Crippen LogP contribution is -2.32. The molecule has 0 amide bonds. The van der Waals surface area contributed by atoms with Crippen LogP contribution in [0, 0.1) is 13.8 Å². The van der Waals surface area contributed by atoms with Crippen molar-refractivity contribution in [3.63, 3.8) is 0 Å². The van der Waals surface area contributed by atoms with Gasteiger partial charge in [0.1, 0.15) is 5.65 Å². The van der Waals surface area contributed by atoms with Crippen LogP contribution in [0.5, 0.6) is 0 Å². The molecule has 0 radical (unpaired) electrons. The van der Waals surface area contributed by atoms with E-state index in [0.717, 1.165) is 37.4 Å². The lowest BCUT2D eigenvalue weighted by atomic mass is 9.87. The summed E-state index contributed by atoms with van der Waals surface area (Å²) in [4.78, 5) is 14.8. The highest BCUT2D eigenvalue weighted by molar-refractivity contribution is 5.84. The fourth-order valence-corrected chi connectivity index (χ4v) is 5.37. The lowest BCUT2D eigenvalue weighted by Gasteiger charge is -2.34. The minimum absolute atomic E-state index is 0.438. The van der Waals surface area contributed by atoms with Crippen LogP contribution in [0.1, 0.15) is 46.8 Å². The zero-order valence-electron chi connectivity index (χ0n) is 18.8. The van der Waals surface area contributed by atoms with Crippen LogP contribution in [0.2, 0.25) is 0 Å². The van der Waals surface area contributed by atoms with Crippen molar-refractivity contribution in [2.24, 2.45) is 0 Å². The predicted octanol–water partition coefficient (Wildman–Crippen LogP) is 5.23. The van der Waals surface area contributed by atoms with Gasteiger partial charge in [-0.3, -0.25) is 4.98 Å². The third-order valence-corrected chi connectivity index (χ3v) is 7.13. The number of aryl methyl sites for hydroxylation is 2. The monoisotopic (exact) mass is 423 g/mol. The number of pyridine rings is 2. The van der Waals surface area contributed by atoms with Gasteiger partial charge < -0.3 is 15.2 Å². The molecular formula is C27H29N5. The number of aromatic nitrogens is 3. The molecule has 0 saturated carbocycles. The van der Waals surface area contributed by atoms with Crippen LogP contribution in [-0.4, -0.2) is 28.0 Å². The average molecular weight is 424 g/mol. The van der Waals surface area contributed by atoms with Crippen LogP contribution in [0.15, 0.2) is 48.9 Å². The molecule has 4 aromatic rings. The molecule has 2 aliphatic rings. The van der Waals surface area contributed by atoms with Crippen molar-refractivity contribution >= 4 is 16.7 Å². The maximum absolute atomic E-state index is 4.69. The minimum Gasteiger partial charge on any atom is -0.367 e. The molecule has 5 heteroatoms. The van der Waals surface area contributed by atoms with Gasteiger partial charge >= 0.3 is 0 Å². The van der Waals surface area contributed by atoms with E-state index in [4.69, 9.17) is 4.98 Å². The summed E-state index contributed by atoms with van der Waals surface area (Å²) in [7, 11) is 0. The fraction of sp³-hybridized carbons (Fsp3) is 0.333. The van der Waals surface area contributed by atoms with E-state index in [0.29, 0.717) is 6.04 Å². The van der Waals surface area contributed by atoms with E-state index in [2.05, 4.69) is 64.4 Å². The van der Waals surface area contributed by atoms with Crippen LogP contribution < -0.4 is 10.2 Å². The summed E-state index contributed by atoms with van der Waals surface area (Å²) < 4.78 is 0. The Bertz CT molecular complexity index is 1300. The van der Waals surface area contributed by atoms with Crippen LogP contribution in [0.25, 0.3) is 22.2 Å². The van der Waals surface area contributed by atoms with Gasteiger partial charge in [0.05, 0.1) is 0 Å². The van der Waals surface area contributed by atoms with E-state index in [1.165, 1.54) is 57.3 Å². The molecule has 0 aliphatic carbocycles. The normalized spacial score (nSPS) is 18.3. The molecule has 2 aliphatic heterocycles. The van der Waals surface area contributed by atoms with Gasteiger partial charge in [-0.1, -0.05) is 6.07 Å². The zero-order valence-corrected chi connectivity index (χ0v) is 18.8. The number of anilines is 1. The Hall–Kier alpha value is -3.18. The number of H-pyrrole nitrogens is 1. The number of hydrogen-bond acceptors (Lipinski definition) is 4. The van der Waals surface area contributed by atoms with Crippen molar-refractivity contribution in [2.75, 3.05) is 18.0 Å². The third kappa shape index (κ3) is 3.37. The highest BCUT2D eigenvalue weighted by Gasteiger charge is 2.26. The van der Waals surface area contributed by atoms with Gasteiger partial charge in [0, 0.05) is 60.1 Å². The first-order valence-corrected chi connectivity index (χ1v) is 11.7. The molecule has 0 bridgehead atoms. The second-order valence-electron chi connectivity index (χ2n) is 9.27. The molecule has 1 atom stereocenters. The Kier molecular flexibility index (Phi) is 4.72. The molecular weight excluding hydrogens is 394 g/mol. The number of hydrogen-bond donors (Lipinski definition) is 2.